The van der Waals surface area contributed by atoms with Gasteiger partial charge in [-0.1, -0.05) is 18.2 Å². The lowest BCUT2D eigenvalue weighted by Gasteiger charge is -2.11. The molecule has 1 N–H and O–H groups in total. The molecule has 0 saturated heterocycles. The molecule has 1 amide bonds. The minimum absolute atomic E-state index is 0.131. The van der Waals surface area contributed by atoms with Gasteiger partial charge in [0.1, 0.15) is 6.33 Å². The van der Waals surface area contributed by atoms with Gasteiger partial charge in [0.2, 0.25) is 5.88 Å². The quantitative estimate of drug-likeness (QED) is 0.702. The Hall–Kier alpha value is -3.35. The smallest absolute Gasteiger partial charge is 0.258 e. The summed E-state index contributed by atoms with van der Waals surface area (Å²) < 4.78 is 16.0. The number of para-hydroxylation sites is 1. The summed E-state index contributed by atoms with van der Waals surface area (Å²) in [6, 6.07) is 12.9. The van der Waals surface area contributed by atoms with E-state index in [1.165, 1.54) is 6.33 Å². The normalized spacial score (nSPS) is 10.4. The SMILES string of the molecule is COc1ccc(CNC(=O)COc2ncnc3ccccc23)cc1OC. The van der Waals surface area contributed by atoms with Crippen LogP contribution in [0.4, 0.5) is 0 Å². The first-order chi connectivity index (χ1) is 12.7. The van der Waals surface area contributed by atoms with Gasteiger partial charge in [0, 0.05) is 6.54 Å². The summed E-state index contributed by atoms with van der Waals surface area (Å²) in [6.45, 7) is 0.224. The Balaban J connectivity index is 1.58. The number of fused-ring (bicyclic) bond motifs is 1. The number of methoxy groups -OCH3 is 2. The van der Waals surface area contributed by atoms with Crippen LogP contribution in [0.3, 0.4) is 0 Å². The molecule has 0 aliphatic rings. The molecule has 0 radical (unpaired) electrons. The van der Waals surface area contributed by atoms with Crippen molar-refractivity contribution in [3.8, 4) is 17.4 Å². The maximum Gasteiger partial charge on any atom is 0.258 e. The molecule has 7 heteroatoms. The van der Waals surface area contributed by atoms with E-state index in [0.717, 1.165) is 16.5 Å². The maximum atomic E-state index is 12.1. The molecule has 26 heavy (non-hydrogen) atoms. The van der Waals surface area contributed by atoms with Gasteiger partial charge in [-0.2, -0.15) is 0 Å². The van der Waals surface area contributed by atoms with Crippen LogP contribution in [0.1, 0.15) is 5.56 Å². The number of benzene rings is 2. The summed E-state index contributed by atoms with van der Waals surface area (Å²) in [5.41, 5.74) is 1.66. The van der Waals surface area contributed by atoms with Gasteiger partial charge < -0.3 is 19.5 Å². The van der Waals surface area contributed by atoms with Crippen LogP contribution in [-0.2, 0) is 11.3 Å². The van der Waals surface area contributed by atoms with Gasteiger partial charge in [-0.25, -0.2) is 9.97 Å². The number of nitrogens with one attached hydrogen (secondary N) is 1. The molecule has 0 unspecified atom stereocenters. The van der Waals surface area contributed by atoms with E-state index in [0.29, 0.717) is 23.9 Å². The Labute approximate surface area is 150 Å². The van der Waals surface area contributed by atoms with Crippen molar-refractivity contribution in [1.29, 1.82) is 0 Å². The van der Waals surface area contributed by atoms with Crippen molar-refractivity contribution >= 4 is 16.8 Å². The third-order valence-corrected chi connectivity index (χ3v) is 3.78. The van der Waals surface area contributed by atoms with Gasteiger partial charge in [0.05, 0.1) is 25.1 Å². The monoisotopic (exact) mass is 353 g/mol. The Morgan fingerprint density at radius 3 is 2.65 bits per heavy atom. The minimum atomic E-state index is -0.248. The van der Waals surface area contributed by atoms with Crippen LogP contribution >= 0.6 is 0 Å². The molecule has 1 aromatic heterocycles. The van der Waals surface area contributed by atoms with Crippen molar-refractivity contribution in [3.05, 3.63) is 54.4 Å². The molecule has 3 aromatic rings. The number of nitrogens with zero attached hydrogens (tertiary/aromatic N) is 2. The van der Waals surface area contributed by atoms with Gasteiger partial charge in [-0.15, -0.1) is 0 Å². The average Bonchev–Trinajstić information content (AvgIpc) is 2.70. The van der Waals surface area contributed by atoms with E-state index < -0.39 is 0 Å². The number of carbonyl (C=O) groups excluding carboxylic acids is 1. The molecule has 0 aliphatic heterocycles. The lowest BCUT2D eigenvalue weighted by Crippen LogP contribution is -2.28. The molecule has 7 nitrogen and oxygen atoms in total. The van der Waals surface area contributed by atoms with E-state index in [1.54, 1.807) is 20.3 Å². The summed E-state index contributed by atoms with van der Waals surface area (Å²) in [7, 11) is 3.15. The average molecular weight is 353 g/mol. The predicted molar refractivity (Wildman–Crippen MR) is 96.4 cm³/mol. The molecule has 134 valence electrons. The van der Waals surface area contributed by atoms with Crippen LogP contribution in [0, 0.1) is 0 Å². The van der Waals surface area contributed by atoms with Crippen molar-refractivity contribution in [1.82, 2.24) is 15.3 Å². The first-order valence-corrected chi connectivity index (χ1v) is 8.01. The van der Waals surface area contributed by atoms with Crippen molar-refractivity contribution in [3.63, 3.8) is 0 Å². The van der Waals surface area contributed by atoms with E-state index >= 15 is 0 Å². The van der Waals surface area contributed by atoms with E-state index in [2.05, 4.69) is 15.3 Å². The third kappa shape index (κ3) is 4.00. The second-order valence-corrected chi connectivity index (χ2v) is 5.45. The highest BCUT2D eigenvalue weighted by Gasteiger charge is 2.09. The van der Waals surface area contributed by atoms with Crippen LogP contribution in [-0.4, -0.2) is 36.7 Å². The fraction of sp³-hybridized carbons (Fsp3) is 0.211. The molecule has 0 fully saturated rings. The third-order valence-electron chi connectivity index (χ3n) is 3.78. The fourth-order valence-corrected chi connectivity index (χ4v) is 2.47. The second-order valence-electron chi connectivity index (χ2n) is 5.45. The Bertz CT molecular complexity index is 909. The fourth-order valence-electron chi connectivity index (χ4n) is 2.47. The van der Waals surface area contributed by atoms with Gasteiger partial charge in [-0.05, 0) is 29.8 Å². The van der Waals surface area contributed by atoms with Crippen LogP contribution < -0.4 is 19.5 Å². The molecule has 2 aromatic carbocycles. The predicted octanol–water partition coefficient (Wildman–Crippen LogP) is 2.34. The van der Waals surface area contributed by atoms with E-state index in [1.807, 2.05) is 36.4 Å². The zero-order valence-corrected chi connectivity index (χ0v) is 14.6. The first kappa shape index (κ1) is 17.5. The lowest BCUT2D eigenvalue weighted by atomic mass is 10.2. The standard InChI is InChI=1S/C19H19N3O4/c1-24-16-8-7-13(9-17(16)25-2)10-20-18(23)11-26-19-14-5-3-4-6-15(14)21-12-22-19/h3-9,12H,10-11H2,1-2H3,(H,20,23). The van der Waals surface area contributed by atoms with Gasteiger partial charge >= 0.3 is 0 Å². The van der Waals surface area contributed by atoms with E-state index in [9.17, 15) is 4.79 Å². The summed E-state index contributed by atoms with van der Waals surface area (Å²) in [4.78, 5) is 20.3. The lowest BCUT2D eigenvalue weighted by molar-refractivity contribution is -0.123. The number of hydrogen-bond donors (Lipinski definition) is 1. The highest BCUT2D eigenvalue weighted by atomic mass is 16.5. The highest BCUT2D eigenvalue weighted by Crippen LogP contribution is 2.27. The van der Waals surface area contributed by atoms with Gasteiger partial charge in [-0.3, -0.25) is 4.79 Å². The Morgan fingerprint density at radius 1 is 1.04 bits per heavy atom. The minimum Gasteiger partial charge on any atom is -0.493 e. The molecule has 0 atom stereocenters. The van der Waals surface area contributed by atoms with E-state index in [-0.39, 0.29) is 12.5 Å². The summed E-state index contributed by atoms with van der Waals surface area (Å²) >= 11 is 0. The van der Waals surface area contributed by atoms with E-state index in [4.69, 9.17) is 14.2 Å². The molecule has 0 spiro atoms. The number of aromatic nitrogens is 2. The number of hydrogen-bond acceptors (Lipinski definition) is 6. The molecule has 0 aliphatic carbocycles. The molecule has 3 rings (SSSR count). The molecule has 1 heterocycles. The Morgan fingerprint density at radius 2 is 1.85 bits per heavy atom. The largest absolute Gasteiger partial charge is 0.493 e. The van der Waals surface area contributed by atoms with Crippen molar-refractivity contribution in [2.24, 2.45) is 0 Å². The second kappa shape index (κ2) is 8.15. The van der Waals surface area contributed by atoms with Crippen LogP contribution in [0.15, 0.2) is 48.8 Å². The van der Waals surface area contributed by atoms with Gasteiger partial charge in [0.15, 0.2) is 18.1 Å². The highest BCUT2D eigenvalue weighted by molar-refractivity contribution is 5.84. The molecular weight excluding hydrogens is 334 g/mol. The van der Waals surface area contributed by atoms with Crippen LogP contribution in [0.2, 0.25) is 0 Å². The van der Waals surface area contributed by atoms with Crippen LogP contribution in [0.5, 0.6) is 17.4 Å². The van der Waals surface area contributed by atoms with Crippen molar-refractivity contribution < 1.29 is 19.0 Å². The number of rotatable bonds is 7. The van der Waals surface area contributed by atoms with Crippen molar-refractivity contribution in [2.75, 3.05) is 20.8 Å². The first-order valence-electron chi connectivity index (χ1n) is 8.01. The summed E-state index contributed by atoms with van der Waals surface area (Å²) in [5.74, 6) is 1.39. The summed E-state index contributed by atoms with van der Waals surface area (Å²) in [5, 5.41) is 3.57. The zero-order chi connectivity index (χ0) is 18.4. The number of ether oxygens (including phenoxy) is 3. The maximum absolute atomic E-state index is 12.1. The number of amides is 1. The van der Waals surface area contributed by atoms with Gasteiger partial charge in [0.25, 0.3) is 5.91 Å². The molecule has 0 saturated carbocycles. The summed E-state index contributed by atoms with van der Waals surface area (Å²) in [6.07, 6.45) is 1.42. The zero-order valence-electron chi connectivity index (χ0n) is 14.6. The molecular formula is C19H19N3O4. The topological polar surface area (TPSA) is 82.6 Å². The van der Waals surface area contributed by atoms with Crippen molar-refractivity contribution in [2.45, 2.75) is 6.54 Å². The van der Waals surface area contributed by atoms with Crippen LogP contribution in [0.25, 0.3) is 10.9 Å². The molecule has 0 bridgehead atoms. The number of carbonyl (C=O) groups is 1. The Kier molecular flexibility index (Phi) is 5.48.